The van der Waals surface area contributed by atoms with Gasteiger partial charge in [-0.25, -0.2) is 4.79 Å². The molecule has 0 radical (unpaired) electrons. The van der Waals surface area contributed by atoms with E-state index in [-0.39, 0.29) is 29.6 Å². The summed E-state index contributed by atoms with van der Waals surface area (Å²) in [5.74, 6) is -3.05. The van der Waals surface area contributed by atoms with Crippen molar-refractivity contribution in [3.63, 3.8) is 0 Å². The topological polar surface area (TPSA) is 171 Å². The SMILES string of the molecule is CC(C)[C@H](NC(=O)N[C@H](C(=O)N1CC[C@H](C(C)C)[C@H]1C(=O)NC(CC1CCC1)C(=O)C(N)=O)C(C)(C)C)C(=O)N1CCCCC1. The minimum atomic E-state index is -1.10. The number of nitrogens with one attached hydrogen (secondary N) is 3. The van der Waals surface area contributed by atoms with E-state index in [9.17, 15) is 28.8 Å². The number of carbonyl (C=O) groups is 6. The van der Waals surface area contributed by atoms with Crippen LogP contribution in [0.15, 0.2) is 0 Å². The van der Waals surface area contributed by atoms with Gasteiger partial charge in [-0.05, 0) is 61.2 Å². The molecule has 3 rings (SSSR count). The van der Waals surface area contributed by atoms with Crippen LogP contribution in [0.5, 0.6) is 0 Å². The molecule has 12 nitrogen and oxygen atoms in total. The van der Waals surface area contributed by atoms with Crippen LogP contribution in [0.25, 0.3) is 0 Å². The molecule has 2 saturated heterocycles. The summed E-state index contributed by atoms with van der Waals surface area (Å²) < 4.78 is 0. The van der Waals surface area contributed by atoms with Crippen LogP contribution >= 0.6 is 0 Å². The molecule has 0 aromatic carbocycles. The van der Waals surface area contributed by atoms with Gasteiger partial charge in [0.1, 0.15) is 18.1 Å². The summed E-state index contributed by atoms with van der Waals surface area (Å²) in [6, 6.07) is -4.31. The summed E-state index contributed by atoms with van der Waals surface area (Å²) in [5.41, 5.74) is 4.59. The molecule has 5 N–H and O–H groups in total. The number of hydrogen-bond acceptors (Lipinski definition) is 6. The maximum atomic E-state index is 14.3. The van der Waals surface area contributed by atoms with Gasteiger partial charge in [-0.15, -0.1) is 0 Å². The van der Waals surface area contributed by atoms with Gasteiger partial charge in [-0.3, -0.25) is 24.0 Å². The normalized spacial score (nSPS) is 22.8. The molecule has 3 fully saturated rings. The van der Waals surface area contributed by atoms with Crippen LogP contribution in [0.4, 0.5) is 4.79 Å². The first-order valence-electron chi connectivity index (χ1n) is 16.8. The third-order valence-corrected chi connectivity index (χ3v) is 9.80. The van der Waals surface area contributed by atoms with Crippen molar-refractivity contribution in [3.05, 3.63) is 0 Å². The molecule has 0 aromatic heterocycles. The van der Waals surface area contributed by atoms with E-state index < -0.39 is 59.1 Å². The van der Waals surface area contributed by atoms with Crippen molar-refractivity contribution < 1.29 is 28.8 Å². The van der Waals surface area contributed by atoms with Crippen LogP contribution in [0.3, 0.4) is 0 Å². The summed E-state index contributed by atoms with van der Waals surface area (Å²) in [6.45, 7) is 14.8. The van der Waals surface area contributed by atoms with Crippen LogP contribution in [-0.4, -0.2) is 89.0 Å². The lowest BCUT2D eigenvalue weighted by molar-refractivity contribution is -0.144. The molecular weight excluding hydrogens is 576 g/mol. The van der Waals surface area contributed by atoms with Gasteiger partial charge in [-0.1, -0.05) is 67.7 Å². The van der Waals surface area contributed by atoms with E-state index in [2.05, 4.69) is 16.0 Å². The summed E-state index contributed by atoms with van der Waals surface area (Å²) in [7, 11) is 0. The Kier molecular flexibility index (Phi) is 12.4. The Labute approximate surface area is 268 Å². The first-order valence-corrected chi connectivity index (χ1v) is 16.8. The van der Waals surface area contributed by atoms with E-state index in [4.69, 9.17) is 5.73 Å². The highest BCUT2D eigenvalue weighted by Gasteiger charge is 2.48. The fourth-order valence-electron chi connectivity index (χ4n) is 6.77. The van der Waals surface area contributed by atoms with Gasteiger partial charge in [-0.2, -0.15) is 0 Å². The maximum absolute atomic E-state index is 14.3. The van der Waals surface area contributed by atoms with Crippen molar-refractivity contribution in [1.29, 1.82) is 0 Å². The molecule has 0 spiro atoms. The van der Waals surface area contributed by atoms with Crippen molar-refractivity contribution in [2.45, 2.75) is 124 Å². The van der Waals surface area contributed by atoms with Gasteiger partial charge >= 0.3 is 6.03 Å². The number of rotatable bonds is 12. The Bertz CT molecular complexity index is 1110. The Morgan fingerprint density at radius 3 is 1.91 bits per heavy atom. The average molecular weight is 633 g/mol. The number of hydrogen-bond donors (Lipinski definition) is 4. The van der Waals surface area contributed by atoms with Crippen LogP contribution in [-0.2, 0) is 24.0 Å². The van der Waals surface area contributed by atoms with Crippen molar-refractivity contribution in [2.24, 2.45) is 34.8 Å². The smallest absolute Gasteiger partial charge is 0.316 e. The third-order valence-electron chi connectivity index (χ3n) is 9.80. The van der Waals surface area contributed by atoms with Crippen LogP contribution < -0.4 is 21.7 Å². The zero-order valence-corrected chi connectivity index (χ0v) is 28.3. The first kappa shape index (κ1) is 36.3. The number of nitrogens with two attached hydrogens (primary N) is 1. The van der Waals surface area contributed by atoms with Gasteiger partial charge in [0.05, 0.1) is 6.04 Å². The molecule has 1 unspecified atom stereocenters. The maximum Gasteiger partial charge on any atom is 0.316 e. The quantitative estimate of drug-likeness (QED) is 0.241. The Morgan fingerprint density at radius 1 is 0.800 bits per heavy atom. The minimum absolute atomic E-state index is 0.0485. The highest BCUT2D eigenvalue weighted by atomic mass is 16.2. The van der Waals surface area contributed by atoms with Crippen LogP contribution in [0.2, 0.25) is 0 Å². The van der Waals surface area contributed by atoms with Gasteiger partial charge < -0.3 is 31.5 Å². The van der Waals surface area contributed by atoms with Gasteiger partial charge in [0.15, 0.2) is 0 Å². The molecule has 1 saturated carbocycles. The lowest BCUT2D eigenvalue weighted by Gasteiger charge is -2.38. The molecular formula is C33H56N6O6. The van der Waals surface area contributed by atoms with Gasteiger partial charge in [0.25, 0.3) is 5.91 Å². The predicted octanol–water partition coefficient (Wildman–Crippen LogP) is 2.34. The molecule has 1 aliphatic carbocycles. The number of likely N-dealkylation sites (tertiary alicyclic amines) is 2. The van der Waals surface area contributed by atoms with E-state index in [0.29, 0.717) is 32.5 Å². The molecule has 3 aliphatic rings. The van der Waals surface area contributed by atoms with E-state index in [1.165, 1.54) is 4.90 Å². The fourth-order valence-corrected chi connectivity index (χ4v) is 6.77. The number of ketones is 1. The van der Waals surface area contributed by atoms with Crippen molar-refractivity contribution in [1.82, 2.24) is 25.8 Å². The Morgan fingerprint density at radius 2 is 1.42 bits per heavy atom. The summed E-state index contributed by atoms with van der Waals surface area (Å²) in [5, 5.41) is 8.45. The fraction of sp³-hybridized carbons (Fsp3) is 0.818. The first-order chi connectivity index (χ1) is 21.0. The number of piperidine rings is 1. The Hall–Kier alpha value is -3.18. The standard InChI is InChI=1S/C33H56N6O6/c1-19(2)22-14-17-39(25(22)29(42)35-23(26(40)28(34)41)18-21-12-11-13-21)31(44)27(33(5,6)7)37-32(45)36-24(20(3)4)30(43)38-15-9-8-10-16-38/h19-25,27H,8-18H2,1-7H3,(H2,34,41)(H,35,42)(H2,36,37,45)/t22-,23?,24+,25+,27-/m1/s1. The van der Waals surface area contributed by atoms with Crippen molar-refractivity contribution >= 4 is 35.4 Å². The monoisotopic (exact) mass is 632 g/mol. The summed E-state index contributed by atoms with van der Waals surface area (Å²) in [4.78, 5) is 82.7. The van der Waals surface area contributed by atoms with Crippen LogP contribution in [0, 0.1) is 29.1 Å². The summed E-state index contributed by atoms with van der Waals surface area (Å²) >= 11 is 0. The van der Waals surface area contributed by atoms with Crippen molar-refractivity contribution in [2.75, 3.05) is 19.6 Å². The highest BCUT2D eigenvalue weighted by Crippen LogP contribution is 2.34. The van der Waals surface area contributed by atoms with E-state index in [0.717, 1.165) is 38.5 Å². The second kappa shape index (κ2) is 15.4. The number of carbonyl (C=O) groups excluding carboxylic acids is 6. The van der Waals surface area contributed by atoms with Gasteiger partial charge in [0, 0.05) is 19.6 Å². The zero-order valence-electron chi connectivity index (χ0n) is 28.3. The molecule has 5 atom stereocenters. The molecule has 2 heterocycles. The number of primary amides is 1. The molecule has 12 heteroatoms. The Balaban J connectivity index is 1.80. The number of Topliss-reactive ketones (excluding diaryl/α,β-unsaturated/α-hetero) is 1. The van der Waals surface area contributed by atoms with Crippen molar-refractivity contribution in [3.8, 4) is 0 Å². The molecule has 0 bridgehead atoms. The molecule has 0 aromatic rings. The average Bonchev–Trinajstić information content (AvgIpc) is 3.40. The number of nitrogens with zero attached hydrogens (tertiary/aromatic N) is 2. The largest absolute Gasteiger partial charge is 0.363 e. The number of urea groups is 1. The molecule has 45 heavy (non-hydrogen) atoms. The second-order valence-corrected chi connectivity index (χ2v) is 15.0. The van der Waals surface area contributed by atoms with E-state index in [1.54, 1.807) is 4.90 Å². The lowest BCUT2D eigenvalue weighted by Crippen LogP contribution is -2.62. The van der Waals surface area contributed by atoms with E-state index in [1.807, 2.05) is 48.5 Å². The second-order valence-electron chi connectivity index (χ2n) is 15.0. The minimum Gasteiger partial charge on any atom is -0.363 e. The highest BCUT2D eigenvalue weighted by molar-refractivity contribution is 6.37. The lowest BCUT2D eigenvalue weighted by atomic mass is 9.80. The molecule has 6 amide bonds. The summed E-state index contributed by atoms with van der Waals surface area (Å²) in [6.07, 6.45) is 6.73. The van der Waals surface area contributed by atoms with Gasteiger partial charge in [0.2, 0.25) is 23.5 Å². The molecule has 2 aliphatic heterocycles. The van der Waals surface area contributed by atoms with E-state index >= 15 is 0 Å². The zero-order chi connectivity index (χ0) is 33.6. The predicted molar refractivity (Wildman–Crippen MR) is 171 cm³/mol. The van der Waals surface area contributed by atoms with Crippen LogP contribution in [0.1, 0.15) is 99.8 Å². The molecule has 254 valence electrons. The number of amides is 6. The third kappa shape index (κ3) is 9.19.